The van der Waals surface area contributed by atoms with E-state index in [1.807, 2.05) is 18.2 Å². The molecule has 1 aromatic heterocycles. The van der Waals surface area contributed by atoms with Crippen molar-refractivity contribution in [3.8, 4) is 0 Å². The molecule has 0 aromatic carbocycles. The molecule has 4 rings (SSSR count). The van der Waals surface area contributed by atoms with Gasteiger partial charge >= 0.3 is 0 Å². The molecule has 2 heterocycles. The van der Waals surface area contributed by atoms with Crippen LogP contribution in [0.5, 0.6) is 0 Å². The maximum atomic E-state index is 12.7. The summed E-state index contributed by atoms with van der Waals surface area (Å²) in [5, 5.41) is 16.2. The molecule has 1 saturated heterocycles. The molecule has 1 aromatic rings. The minimum Gasteiger partial charge on any atom is -0.382 e. The number of hydrogen-bond donors (Lipinski definition) is 3. The lowest BCUT2D eigenvalue weighted by molar-refractivity contribution is 0.0928. The lowest BCUT2D eigenvalue weighted by Crippen LogP contribution is -2.31. The third-order valence-electron chi connectivity index (χ3n) is 5.49. The van der Waals surface area contributed by atoms with Crippen LogP contribution in [0.3, 0.4) is 0 Å². The van der Waals surface area contributed by atoms with Crippen molar-refractivity contribution in [2.24, 2.45) is 11.8 Å². The first-order valence-electron chi connectivity index (χ1n) is 9.25. The lowest BCUT2D eigenvalue weighted by atomic mass is 9.96. The normalized spacial score (nSPS) is 26.7. The van der Waals surface area contributed by atoms with Crippen molar-refractivity contribution in [2.45, 2.75) is 25.0 Å². The summed E-state index contributed by atoms with van der Waals surface area (Å²) >= 11 is 0. The number of carbonyl (C=O) groups excluding carboxylic acids is 2. The molecule has 2 fully saturated rings. The summed E-state index contributed by atoms with van der Waals surface area (Å²) < 4.78 is 5.35. The first kappa shape index (κ1) is 17.9. The summed E-state index contributed by atoms with van der Waals surface area (Å²) in [4.78, 5) is 29.1. The third kappa shape index (κ3) is 3.52. The van der Waals surface area contributed by atoms with Gasteiger partial charge in [-0.1, -0.05) is 18.2 Å². The average molecular weight is 369 g/mol. The van der Waals surface area contributed by atoms with Gasteiger partial charge in [0.05, 0.1) is 18.9 Å². The van der Waals surface area contributed by atoms with Crippen molar-refractivity contribution >= 4 is 11.8 Å². The molecule has 142 valence electrons. The standard InChI is InChI=1S/C20H23N3O4/c1-21-20(26)16-8-12(19(25)23-17-13-9-27-10-14(13)17)7-15(22-16)18(24)11-5-3-2-4-6-11/h2-3,5,7-8,13-14,17-18,24H,4,6,9-10H2,1H3,(H,21,26)(H,23,25)/t13-,14+,17?,18-/m0/s1. The molecule has 1 aliphatic heterocycles. The zero-order valence-electron chi connectivity index (χ0n) is 15.1. The molecular weight excluding hydrogens is 346 g/mol. The largest absolute Gasteiger partial charge is 0.382 e. The van der Waals surface area contributed by atoms with E-state index >= 15 is 0 Å². The van der Waals surface area contributed by atoms with Gasteiger partial charge in [0.15, 0.2) is 0 Å². The zero-order valence-corrected chi connectivity index (χ0v) is 15.1. The van der Waals surface area contributed by atoms with Gasteiger partial charge in [-0.05, 0) is 30.5 Å². The van der Waals surface area contributed by atoms with Gasteiger partial charge in [-0.15, -0.1) is 0 Å². The maximum absolute atomic E-state index is 12.7. The fourth-order valence-corrected chi connectivity index (χ4v) is 3.80. The van der Waals surface area contributed by atoms with Crippen molar-refractivity contribution in [3.05, 3.63) is 52.9 Å². The quantitative estimate of drug-likeness (QED) is 0.722. The number of aliphatic hydroxyl groups is 1. The van der Waals surface area contributed by atoms with Crippen LogP contribution in [-0.4, -0.2) is 48.2 Å². The van der Waals surface area contributed by atoms with E-state index in [9.17, 15) is 14.7 Å². The number of aliphatic hydroxyl groups excluding tert-OH is 1. The number of carbonyl (C=O) groups is 2. The molecule has 3 N–H and O–H groups in total. The molecular formula is C20H23N3O4. The molecule has 0 bridgehead atoms. The zero-order chi connectivity index (χ0) is 19.0. The van der Waals surface area contributed by atoms with Crippen LogP contribution in [0.25, 0.3) is 0 Å². The van der Waals surface area contributed by atoms with Crippen LogP contribution < -0.4 is 10.6 Å². The molecule has 4 atom stereocenters. The second-order valence-electron chi connectivity index (χ2n) is 7.22. The number of hydrogen-bond acceptors (Lipinski definition) is 5. The molecule has 3 aliphatic rings. The molecule has 0 radical (unpaired) electrons. The highest BCUT2D eigenvalue weighted by Crippen LogP contribution is 2.44. The van der Waals surface area contributed by atoms with Crippen LogP contribution in [0.4, 0.5) is 0 Å². The molecule has 7 nitrogen and oxygen atoms in total. The van der Waals surface area contributed by atoms with Gasteiger partial charge in [0.2, 0.25) is 0 Å². The van der Waals surface area contributed by atoms with Gasteiger partial charge in [0.25, 0.3) is 11.8 Å². The minimum absolute atomic E-state index is 0.116. The highest BCUT2D eigenvalue weighted by atomic mass is 16.5. The highest BCUT2D eigenvalue weighted by Gasteiger charge is 2.54. The van der Waals surface area contributed by atoms with Gasteiger partial charge < -0.3 is 20.5 Å². The summed E-state index contributed by atoms with van der Waals surface area (Å²) in [7, 11) is 1.51. The SMILES string of the molecule is CNC(=O)c1cc(C(=O)NC2[C@H]3COC[C@@H]23)cc([C@@H](O)C2=CC=CCC2)n1. The Morgan fingerprint density at radius 1 is 1.26 bits per heavy atom. The topological polar surface area (TPSA) is 101 Å². The summed E-state index contributed by atoms with van der Waals surface area (Å²) in [6.07, 6.45) is 6.40. The van der Waals surface area contributed by atoms with Gasteiger partial charge in [-0.3, -0.25) is 9.59 Å². The number of allylic oxidation sites excluding steroid dienone is 3. The summed E-state index contributed by atoms with van der Waals surface area (Å²) in [6.45, 7) is 1.36. The number of nitrogens with zero attached hydrogens (tertiary/aromatic N) is 1. The maximum Gasteiger partial charge on any atom is 0.269 e. The van der Waals surface area contributed by atoms with Gasteiger partial charge in [0, 0.05) is 30.5 Å². The molecule has 7 heteroatoms. The van der Waals surface area contributed by atoms with Crippen LogP contribution in [0.15, 0.2) is 35.9 Å². The first-order chi connectivity index (χ1) is 13.1. The van der Waals surface area contributed by atoms with Crippen molar-refractivity contribution in [1.29, 1.82) is 0 Å². The average Bonchev–Trinajstić information content (AvgIpc) is 3.13. The predicted molar refractivity (Wildman–Crippen MR) is 98.1 cm³/mol. The number of fused-ring (bicyclic) bond motifs is 1. The molecule has 2 aliphatic carbocycles. The Hall–Kier alpha value is -2.51. The Balaban J connectivity index is 1.60. The first-order valence-corrected chi connectivity index (χ1v) is 9.25. The minimum atomic E-state index is -0.945. The number of nitrogens with one attached hydrogen (secondary N) is 2. The fourth-order valence-electron chi connectivity index (χ4n) is 3.80. The summed E-state index contributed by atoms with van der Waals surface area (Å²) in [5.74, 6) is 0.122. The molecule has 27 heavy (non-hydrogen) atoms. The van der Waals surface area contributed by atoms with Crippen LogP contribution in [-0.2, 0) is 4.74 Å². The second-order valence-corrected chi connectivity index (χ2v) is 7.22. The van der Waals surface area contributed by atoms with E-state index in [1.165, 1.54) is 13.1 Å². The third-order valence-corrected chi connectivity index (χ3v) is 5.49. The van der Waals surface area contributed by atoms with Crippen LogP contribution >= 0.6 is 0 Å². The van der Waals surface area contributed by atoms with E-state index in [4.69, 9.17) is 4.74 Å². The van der Waals surface area contributed by atoms with Crippen molar-refractivity contribution in [1.82, 2.24) is 15.6 Å². The Morgan fingerprint density at radius 2 is 2.04 bits per heavy atom. The van der Waals surface area contributed by atoms with E-state index in [0.717, 1.165) is 18.4 Å². The molecule has 1 saturated carbocycles. The Kier molecular flexibility index (Phi) is 4.80. The van der Waals surface area contributed by atoms with Crippen molar-refractivity contribution < 1.29 is 19.4 Å². The number of pyridine rings is 1. The van der Waals surface area contributed by atoms with E-state index in [1.54, 1.807) is 6.07 Å². The Bertz CT molecular complexity index is 823. The van der Waals surface area contributed by atoms with Crippen LogP contribution in [0, 0.1) is 11.8 Å². The highest BCUT2D eigenvalue weighted by molar-refractivity contribution is 5.99. The van der Waals surface area contributed by atoms with Crippen molar-refractivity contribution in [3.63, 3.8) is 0 Å². The number of rotatable bonds is 5. The van der Waals surface area contributed by atoms with Gasteiger partial charge in [0.1, 0.15) is 11.8 Å². The smallest absolute Gasteiger partial charge is 0.269 e. The molecule has 0 spiro atoms. The fraction of sp³-hybridized carbons (Fsp3) is 0.450. The number of ether oxygens (including phenoxy) is 1. The summed E-state index contributed by atoms with van der Waals surface area (Å²) in [5.41, 5.74) is 1.57. The summed E-state index contributed by atoms with van der Waals surface area (Å²) in [6, 6.07) is 3.16. The second kappa shape index (κ2) is 7.25. The van der Waals surface area contributed by atoms with E-state index < -0.39 is 12.0 Å². The van der Waals surface area contributed by atoms with Crippen LogP contribution in [0.1, 0.15) is 45.5 Å². The van der Waals surface area contributed by atoms with Gasteiger partial charge in [-0.25, -0.2) is 4.98 Å². The monoisotopic (exact) mass is 369 g/mol. The Labute approximate surface area is 157 Å². The lowest BCUT2D eigenvalue weighted by Gasteiger charge is -2.17. The van der Waals surface area contributed by atoms with E-state index in [-0.39, 0.29) is 17.6 Å². The Morgan fingerprint density at radius 3 is 2.70 bits per heavy atom. The van der Waals surface area contributed by atoms with Crippen molar-refractivity contribution in [2.75, 3.05) is 20.3 Å². The van der Waals surface area contributed by atoms with E-state index in [2.05, 4.69) is 15.6 Å². The number of aromatic nitrogens is 1. The molecule has 1 unspecified atom stereocenters. The number of amides is 2. The van der Waals surface area contributed by atoms with E-state index in [0.29, 0.717) is 36.3 Å². The predicted octanol–water partition coefficient (Wildman–Crippen LogP) is 1.13. The molecule has 2 amide bonds. The van der Waals surface area contributed by atoms with Gasteiger partial charge in [-0.2, -0.15) is 0 Å². The van der Waals surface area contributed by atoms with Crippen LogP contribution in [0.2, 0.25) is 0 Å².